The summed E-state index contributed by atoms with van der Waals surface area (Å²) in [4.78, 5) is 38.7. The monoisotopic (exact) mass is 645 g/mol. The summed E-state index contributed by atoms with van der Waals surface area (Å²) in [7, 11) is 1.54. The van der Waals surface area contributed by atoms with Crippen LogP contribution in [-0.2, 0) is 9.53 Å². The van der Waals surface area contributed by atoms with E-state index < -0.39 is 5.41 Å². The highest BCUT2D eigenvalue weighted by Crippen LogP contribution is 2.76. The van der Waals surface area contributed by atoms with E-state index in [1.54, 1.807) is 7.11 Å². The molecule has 8 rings (SSSR count). The molecule has 0 N–H and O–H groups in total. The highest BCUT2D eigenvalue weighted by Gasteiger charge is 2.68. The van der Waals surface area contributed by atoms with Crippen LogP contribution >= 0.6 is 0 Å². The minimum atomic E-state index is -0.435. The summed E-state index contributed by atoms with van der Waals surface area (Å²) in [6, 6.07) is 8.09. The van der Waals surface area contributed by atoms with Crippen LogP contribution in [-0.4, -0.2) is 46.9 Å². The summed E-state index contributed by atoms with van der Waals surface area (Å²) in [5.41, 5.74) is 8.78. The van der Waals surface area contributed by atoms with Crippen molar-refractivity contribution in [2.45, 2.75) is 99.3 Å². The molecule has 2 aromatic carbocycles. The van der Waals surface area contributed by atoms with Gasteiger partial charge < -0.3 is 9.64 Å². The molecule has 6 atom stereocenters. The second-order valence-electron chi connectivity index (χ2n) is 17.2. The number of piperidine rings is 1. The van der Waals surface area contributed by atoms with E-state index in [0.717, 1.165) is 85.7 Å². The fraction of sp³-hybridized carbons (Fsp3) is 0.571. The van der Waals surface area contributed by atoms with Gasteiger partial charge in [0.05, 0.1) is 34.6 Å². The van der Waals surface area contributed by atoms with Gasteiger partial charge in [-0.1, -0.05) is 45.9 Å². The largest absolute Gasteiger partial charge is 0.469 e. The maximum atomic E-state index is 13.3. The molecule has 2 heterocycles. The molecule has 0 spiro atoms. The normalized spacial score (nSPS) is 35.7. The number of nitrogens with zero attached hydrogens (tertiary/aromatic N) is 3. The Labute approximate surface area is 285 Å². The van der Waals surface area contributed by atoms with Crippen LogP contribution in [0.4, 0.5) is 0 Å². The lowest BCUT2D eigenvalue weighted by Crippen LogP contribution is -2.63. The van der Waals surface area contributed by atoms with Crippen molar-refractivity contribution in [1.82, 2.24) is 14.9 Å². The number of aromatic nitrogens is 2. The molecule has 5 aliphatic rings. The van der Waals surface area contributed by atoms with E-state index >= 15 is 0 Å². The van der Waals surface area contributed by atoms with Gasteiger partial charge in [0, 0.05) is 24.1 Å². The quantitative estimate of drug-likeness (QED) is 0.205. The average molecular weight is 646 g/mol. The van der Waals surface area contributed by atoms with Crippen LogP contribution in [0.25, 0.3) is 33.7 Å². The number of rotatable bonds is 2. The minimum Gasteiger partial charge on any atom is -0.469 e. The number of esters is 1. The van der Waals surface area contributed by atoms with Crippen LogP contribution in [0.3, 0.4) is 0 Å². The predicted molar refractivity (Wildman–Crippen MR) is 192 cm³/mol. The summed E-state index contributed by atoms with van der Waals surface area (Å²) in [6.07, 6.45) is 16.9. The van der Waals surface area contributed by atoms with Gasteiger partial charge in [0.25, 0.3) is 5.91 Å². The van der Waals surface area contributed by atoms with E-state index in [1.165, 1.54) is 29.5 Å². The van der Waals surface area contributed by atoms with Crippen LogP contribution in [0.5, 0.6) is 0 Å². The molecule has 48 heavy (non-hydrogen) atoms. The van der Waals surface area contributed by atoms with Crippen LogP contribution in [0.1, 0.15) is 119 Å². The van der Waals surface area contributed by atoms with Crippen molar-refractivity contribution in [3.63, 3.8) is 0 Å². The molecule has 0 bridgehead atoms. The van der Waals surface area contributed by atoms with Crippen LogP contribution in [0, 0.1) is 39.9 Å². The molecule has 1 aliphatic heterocycles. The zero-order chi connectivity index (χ0) is 33.9. The predicted octanol–water partition coefficient (Wildman–Crippen LogP) is 9.33. The van der Waals surface area contributed by atoms with E-state index in [1.807, 2.05) is 23.1 Å². The smallest absolute Gasteiger partial charge is 0.311 e. The Bertz CT molecular complexity index is 1960. The number of hydrogen-bond acceptors (Lipinski definition) is 5. The molecule has 0 radical (unpaired) electrons. The second kappa shape index (κ2) is 10.5. The lowest BCUT2D eigenvalue weighted by Gasteiger charge is -2.70. The van der Waals surface area contributed by atoms with Gasteiger partial charge in [-0.05, 0) is 140 Å². The number of ether oxygens (including phenoxy) is 1. The second-order valence-corrected chi connectivity index (χ2v) is 17.2. The fourth-order valence-electron chi connectivity index (χ4n) is 11.3. The minimum absolute atomic E-state index is 0.00153. The van der Waals surface area contributed by atoms with Gasteiger partial charge in [0.2, 0.25) is 0 Å². The SMILES string of the molecule is COC(=O)[C@]1(C)CC[C@]2(C)CC[C@@]3(C)[C@@](C)(CC=C4c5cc6nc7cc(C(=O)N8CCCCC8)ccc7nc6c(C)c5C=C[C@]43C)[C@@H]2C1. The summed E-state index contributed by atoms with van der Waals surface area (Å²) in [6.45, 7) is 16.0. The van der Waals surface area contributed by atoms with Gasteiger partial charge in [0.1, 0.15) is 0 Å². The van der Waals surface area contributed by atoms with E-state index in [-0.39, 0.29) is 33.5 Å². The topological polar surface area (TPSA) is 72.4 Å². The Morgan fingerprint density at radius 2 is 1.65 bits per heavy atom. The first-order valence-electron chi connectivity index (χ1n) is 18.3. The average Bonchev–Trinajstić information content (AvgIpc) is 3.09. The van der Waals surface area contributed by atoms with Gasteiger partial charge in [-0.2, -0.15) is 0 Å². The number of benzene rings is 2. The number of fused-ring (bicyclic) bond motifs is 9. The van der Waals surface area contributed by atoms with Crippen LogP contribution < -0.4 is 0 Å². The highest BCUT2D eigenvalue weighted by molar-refractivity contribution is 6.00. The van der Waals surface area contributed by atoms with E-state index in [4.69, 9.17) is 14.7 Å². The van der Waals surface area contributed by atoms with Crippen molar-refractivity contribution in [2.24, 2.45) is 33.0 Å². The molecule has 3 fully saturated rings. The van der Waals surface area contributed by atoms with Gasteiger partial charge in [-0.3, -0.25) is 9.59 Å². The summed E-state index contributed by atoms with van der Waals surface area (Å²) < 4.78 is 5.37. The lowest BCUT2D eigenvalue weighted by molar-refractivity contribution is -0.190. The third kappa shape index (κ3) is 4.16. The van der Waals surface area contributed by atoms with Crippen LogP contribution in [0.15, 0.2) is 36.4 Å². The number of amides is 1. The number of carbonyl (C=O) groups is 2. The van der Waals surface area contributed by atoms with E-state index in [0.29, 0.717) is 11.5 Å². The fourth-order valence-corrected chi connectivity index (χ4v) is 11.3. The first-order valence-corrected chi connectivity index (χ1v) is 18.3. The molecule has 0 unspecified atom stereocenters. The van der Waals surface area contributed by atoms with Gasteiger partial charge in [-0.15, -0.1) is 0 Å². The zero-order valence-electron chi connectivity index (χ0n) is 30.0. The number of allylic oxidation sites excluding steroid dienone is 3. The molecule has 2 saturated carbocycles. The van der Waals surface area contributed by atoms with Crippen molar-refractivity contribution < 1.29 is 14.3 Å². The Kier molecular flexibility index (Phi) is 6.92. The molecule has 6 heteroatoms. The number of likely N-dealkylation sites (tertiary alicyclic amines) is 1. The highest BCUT2D eigenvalue weighted by atomic mass is 16.5. The van der Waals surface area contributed by atoms with Crippen molar-refractivity contribution in [2.75, 3.05) is 20.2 Å². The van der Waals surface area contributed by atoms with Gasteiger partial charge in [-0.25, -0.2) is 9.97 Å². The number of carbonyl (C=O) groups excluding carboxylic acids is 2. The molecule has 252 valence electrons. The molecule has 1 amide bonds. The number of aryl methyl sites for hydroxylation is 1. The van der Waals surface area contributed by atoms with Gasteiger partial charge >= 0.3 is 5.97 Å². The third-order valence-electron chi connectivity index (χ3n) is 14.9. The van der Waals surface area contributed by atoms with Gasteiger partial charge in [0.15, 0.2) is 0 Å². The Hall–Kier alpha value is -3.54. The standard InChI is InChI=1S/C42H51N3O3/c1-26-28-13-15-40(4)30(14-16-41(5)34-25-39(3,37(47)48-7)18-17-38(34,2)19-20-42(40,41)6)29(28)24-33-35(26)44-31-12-11-27(23-32(31)43-33)36(46)45-21-9-8-10-22-45/h11-15,23-24,34H,8-10,16-22,25H2,1-7H3/t34-,38-,39-,40-,41+,42-/m1/s1. The van der Waals surface area contributed by atoms with Crippen molar-refractivity contribution >= 4 is 45.6 Å². The summed E-state index contributed by atoms with van der Waals surface area (Å²) in [5, 5.41) is 0. The first-order chi connectivity index (χ1) is 22.8. The Balaban J connectivity index is 1.22. The summed E-state index contributed by atoms with van der Waals surface area (Å²) >= 11 is 0. The van der Waals surface area contributed by atoms with E-state index in [2.05, 4.69) is 65.8 Å². The molecular formula is C42H51N3O3. The van der Waals surface area contributed by atoms with Crippen molar-refractivity contribution in [3.05, 3.63) is 58.7 Å². The Morgan fingerprint density at radius 3 is 2.40 bits per heavy atom. The maximum Gasteiger partial charge on any atom is 0.311 e. The molecule has 3 aromatic rings. The molecule has 6 nitrogen and oxygen atoms in total. The zero-order valence-corrected chi connectivity index (χ0v) is 30.0. The maximum absolute atomic E-state index is 13.3. The number of methoxy groups -OCH3 is 1. The third-order valence-corrected chi connectivity index (χ3v) is 14.9. The molecule has 4 aliphatic carbocycles. The Morgan fingerprint density at radius 1 is 0.896 bits per heavy atom. The first kappa shape index (κ1) is 31.7. The molecule has 1 aromatic heterocycles. The number of hydrogen-bond donors (Lipinski definition) is 0. The molecule has 1 saturated heterocycles. The van der Waals surface area contributed by atoms with E-state index in [9.17, 15) is 9.59 Å². The van der Waals surface area contributed by atoms with Crippen molar-refractivity contribution in [3.8, 4) is 0 Å². The molecular weight excluding hydrogens is 594 g/mol. The van der Waals surface area contributed by atoms with Crippen LogP contribution in [0.2, 0.25) is 0 Å². The lowest BCUT2D eigenvalue weighted by atomic mass is 9.33. The van der Waals surface area contributed by atoms with Crippen molar-refractivity contribution in [1.29, 1.82) is 0 Å². The summed E-state index contributed by atoms with van der Waals surface area (Å²) in [5.74, 6) is 0.464.